The second-order valence-electron chi connectivity index (χ2n) is 5.56. The Morgan fingerprint density at radius 1 is 1.09 bits per heavy atom. The number of sulfonamides is 1. The number of carbonyl (C=O) groups is 1. The number of nitrogens with zero attached hydrogens (tertiary/aromatic N) is 2. The molecule has 0 spiro atoms. The highest BCUT2D eigenvalue weighted by atomic mass is 32.2. The average Bonchev–Trinajstić information content (AvgIpc) is 2.52. The number of nitrogens with one attached hydrogen (secondary N) is 1. The van der Waals surface area contributed by atoms with Crippen LogP contribution < -0.4 is 4.72 Å². The van der Waals surface area contributed by atoms with Crippen molar-refractivity contribution in [3.05, 3.63) is 29.8 Å². The monoisotopic (exact) mass is 341 g/mol. The van der Waals surface area contributed by atoms with E-state index in [2.05, 4.69) is 4.72 Å². The third-order valence-corrected chi connectivity index (χ3v) is 5.01. The van der Waals surface area contributed by atoms with Gasteiger partial charge in [-0.05, 0) is 65.2 Å². The fourth-order valence-electron chi connectivity index (χ4n) is 2.16. The molecule has 0 radical (unpaired) electrons. The SMILES string of the molecule is CCN(CC)C(=O)c1ccc(S(=O)(=O)NCCCN(C)C)cc1. The van der Waals surface area contributed by atoms with E-state index in [9.17, 15) is 13.2 Å². The molecule has 0 aliphatic rings. The average molecular weight is 341 g/mol. The van der Waals surface area contributed by atoms with E-state index in [-0.39, 0.29) is 10.8 Å². The Morgan fingerprint density at radius 2 is 1.65 bits per heavy atom. The minimum absolute atomic E-state index is 0.0853. The highest BCUT2D eigenvalue weighted by Gasteiger charge is 2.16. The maximum atomic E-state index is 12.2. The van der Waals surface area contributed by atoms with Gasteiger partial charge in [-0.2, -0.15) is 0 Å². The van der Waals surface area contributed by atoms with E-state index in [1.54, 1.807) is 17.0 Å². The third-order valence-electron chi connectivity index (χ3n) is 3.54. The molecular weight excluding hydrogens is 314 g/mol. The Hall–Kier alpha value is -1.44. The Morgan fingerprint density at radius 3 is 2.13 bits per heavy atom. The molecule has 0 fully saturated rings. The van der Waals surface area contributed by atoms with Gasteiger partial charge in [0.1, 0.15) is 0 Å². The van der Waals surface area contributed by atoms with Crippen LogP contribution in [-0.4, -0.2) is 64.4 Å². The van der Waals surface area contributed by atoms with Crippen molar-refractivity contribution in [2.24, 2.45) is 0 Å². The first-order valence-electron chi connectivity index (χ1n) is 7.85. The van der Waals surface area contributed by atoms with E-state index in [1.165, 1.54) is 12.1 Å². The van der Waals surface area contributed by atoms with Crippen LogP contribution in [0.3, 0.4) is 0 Å². The van der Waals surface area contributed by atoms with Gasteiger partial charge in [0.05, 0.1) is 4.90 Å². The van der Waals surface area contributed by atoms with Gasteiger partial charge in [0.15, 0.2) is 0 Å². The number of hydrogen-bond donors (Lipinski definition) is 1. The lowest BCUT2D eigenvalue weighted by Crippen LogP contribution is -2.30. The molecule has 0 saturated carbocycles. The highest BCUT2D eigenvalue weighted by Crippen LogP contribution is 2.12. The summed E-state index contributed by atoms with van der Waals surface area (Å²) in [5.41, 5.74) is 0.500. The van der Waals surface area contributed by atoms with E-state index < -0.39 is 10.0 Å². The van der Waals surface area contributed by atoms with Crippen molar-refractivity contribution in [3.8, 4) is 0 Å². The summed E-state index contributed by atoms with van der Waals surface area (Å²) < 4.78 is 26.9. The zero-order chi connectivity index (χ0) is 17.5. The van der Waals surface area contributed by atoms with Crippen LogP contribution in [0.1, 0.15) is 30.6 Å². The fourth-order valence-corrected chi connectivity index (χ4v) is 3.23. The predicted octanol–water partition coefficient (Wildman–Crippen LogP) is 1.40. The lowest BCUT2D eigenvalue weighted by Gasteiger charge is -2.18. The van der Waals surface area contributed by atoms with Crippen molar-refractivity contribution in [1.29, 1.82) is 0 Å². The first kappa shape index (κ1) is 19.6. The smallest absolute Gasteiger partial charge is 0.253 e. The lowest BCUT2D eigenvalue weighted by molar-refractivity contribution is 0.0773. The molecule has 1 N–H and O–H groups in total. The standard InChI is InChI=1S/C16H27N3O3S/c1-5-19(6-2)16(20)14-8-10-15(11-9-14)23(21,22)17-12-7-13-18(3)4/h8-11,17H,5-7,12-13H2,1-4H3. The van der Waals surface area contributed by atoms with Crippen LogP contribution in [0.15, 0.2) is 29.2 Å². The van der Waals surface area contributed by atoms with Crippen LogP contribution in [0.2, 0.25) is 0 Å². The molecule has 0 aliphatic carbocycles. The molecule has 0 saturated heterocycles. The van der Waals surface area contributed by atoms with Crippen LogP contribution in [0.4, 0.5) is 0 Å². The molecule has 0 aliphatic heterocycles. The highest BCUT2D eigenvalue weighted by molar-refractivity contribution is 7.89. The van der Waals surface area contributed by atoms with Crippen molar-refractivity contribution >= 4 is 15.9 Å². The first-order valence-corrected chi connectivity index (χ1v) is 9.33. The van der Waals surface area contributed by atoms with Crippen LogP contribution >= 0.6 is 0 Å². The second kappa shape index (κ2) is 9.00. The van der Waals surface area contributed by atoms with Gasteiger partial charge >= 0.3 is 0 Å². The molecule has 0 aromatic heterocycles. The van der Waals surface area contributed by atoms with E-state index in [0.29, 0.717) is 25.2 Å². The second-order valence-corrected chi connectivity index (χ2v) is 7.32. The quantitative estimate of drug-likeness (QED) is 0.689. The van der Waals surface area contributed by atoms with Crippen LogP contribution in [0.25, 0.3) is 0 Å². The Balaban J connectivity index is 2.73. The van der Waals surface area contributed by atoms with Crippen molar-refractivity contribution in [2.75, 3.05) is 40.3 Å². The minimum atomic E-state index is -3.53. The summed E-state index contributed by atoms with van der Waals surface area (Å²) in [7, 11) is 0.364. The Labute approximate surface area is 139 Å². The van der Waals surface area contributed by atoms with Crippen molar-refractivity contribution in [2.45, 2.75) is 25.2 Å². The third kappa shape index (κ3) is 5.93. The van der Waals surface area contributed by atoms with Gasteiger partial charge in [-0.15, -0.1) is 0 Å². The molecule has 0 heterocycles. The number of carbonyl (C=O) groups excluding carboxylic acids is 1. The summed E-state index contributed by atoms with van der Waals surface area (Å²) in [6.45, 7) is 6.29. The van der Waals surface area contributed by atoms with Crippen LogP contribution in [0.5, 0.6) is 0 Å². The van der Waals surface area contributed by atoms with Gasteiger partial charge in [-0.3, -0.25) is 4.79 Å². The van der Waals surface area contributed by atoms with E-state index in [4.69, 9.17) is 0 Å². The normalized spacial score (nSPS) is 11.7. The molecule has 23 heavy (non-hydrogen) atoms. The largest absolute Gasteiger partial charge is 0.339 e. The Bertz CT molecular complexity index is 594. The maximum Gasteiger partial charge on any atom is 0.253 e. The molecule has 1 aromatic carbocycles. The molecule has 0 unspecified atom stereocenters. The molecule has 6 nitrogen and oxygen atoms in total. The molecule has 0 bridgehead atoms. The summed E-state index contributed by atoms with van der Waals surface area (Å²) in [6, 6.07) is 6.08. The molecule has 1 rings (SSSR count). The van der Waals surface area contributed by atoms with Gasteiger partial charge in [0.2, 0.25) is 10.0 Å². The van der Waals surface area contributed by atoms with Gasteiger partial charge in [0, 0.05) is 25.2 Å². The molecule has 7 heteroatoms. The van der Waals surface area contributed by atoms with Crippen LogP contribution in [0, 0.1) is 0 Å². The van der Waals surface area contributed by atoms with E-state index in [0.717, 1.165) is 13.0 Å². The number of rotatable bonds is 9. The van der Waals surface area contributed by atoms with Crippen molar-refractivity contribution in [3.63, 3.8) is 0 Å². The molecule has 0 atom stereocenters. The molecular formula is C16H27N3O3S. The molecule has 1 amide bonds. The summed E-state index contributed by atoms with van der Waals surface area (Å²) in [5.74, 6) is -0.0853. The predicted molar refractivity (Wildman–Crippen MR) is 92.1 cm³/mol. The number of amides is 1. The molecule has 1 aromatic rings. The van der Waals surface area contributed by atoms with Gasteiger partial charge in [-0.1, -0.05) is 0 Å². The summed E-state index contributed by atoms with van der Waals surface area (Å²) in [6.07, 6.45) is 0.741. The number of benzene rings is 1. The zero-order valence-electron chi connectivity index (χ0n) is 14.4. The van der Waals surface area contributed by atoms with Gasteiger partial charge in [-0.25, -0.2) is 13.1 Å². The topological polar surface area (TPSA) is 69.7 Å². The first-order chi connectivity index (χ1) is 10.8. The number of hydrogen-bond acceptors (Lipinski definition) is 4. The summed E-state index contributed by atoms with van der Waals surface area (Å²) in [4.78, 5) is 16.1. The minimum Gasteiger partial charge on any atom is -0.339 e. The van der Waals surface area contributed by atoms with E-state index >= 15 is 0 Å². The van der Waals surface area contributed by atoms with Gasteiger partial charge < -0.3 is 9.80 Å². The van der Waals surface area contributed by atoms with Crippen molar-refractivity contribution < 1.29 is 13.2 Å². The summed E-state index contributed by atoms with van der Waals surface area (Å²) in [5, 5.41) is 0. The van der Waals surface area contributed by atoms with Crippen LogP contribution in [-0.2, 0) is 10.0 Å². The zero-order valence-corrected chi connectivity index (χ0v) is 15.2. The van der Waals surface area contributed by atoms with E-state index in [1.807, 2.05) is 32.8 Å². The van der Waals surface area contributed by atoms with Gasteiger partial charge in [0.25, 0.3) is 5.91 Å². The maximum absolute atomic E-state index is 12.2. The summed E-state index contributed by atoms with van der Waals surface area (Å²) >= 11 is 0. The Kier molecular flexibility index (Phi) is 7.67. The lowest BCUT2D eigenvalue weighted by atomic mass is 10.2. The molecule has 130 valence electrons. The fraction of sp³-hybridized carbons (Fsp3) is 0.562. The van der Waals surface area contributed by atoms with Crippen molar-refractivity contribution in [1.82, 2.24) is 14.5 Å².